The third-order valence-corrected chi connectivity index (χ3v) is 5.59. The fraction of sp³-hybridized carbons (Fsp3) is 0.360. The number of ether oxygens (including phenoxy) is 1. The number of hydrogen-bond acceptors (Lipinski definition) is 7. The molecule has 3 rings (SSSR count). The summed E-state index contributed by atoms with van der Waals surface area (Å²) in [6, 6.07) is 9.63. The Balaban J connectivity index is 0.000000281. The number of methoxy groups -OCH3 is 1. The highest BCUT2D eigenvalue weighted by Gasteiger charge is 2.04. The molecule has 1 atom stereocenters. The van der Waals surface area contributed by atoms with Crippen LogP contribution in [0.5, 0.6) is 0 Å². The Bertz CT molecular complexity index is 1100. The molecular weight excluding hydrogens is 438 g/mol. The van der Waals surface area contributed by atoms with Gasteiger partial charge in [0.2, 0.25) is 0 Å². The van der Waals surface area contributed by atoms with Gasteiger partial charge in [-0.25, -0.2) is 4.79 Å². The average Bonchev–Trinajstić information content (AvgIpc) is 3.29. The van der Waals surface area contributed by atoms with Crippen LogP contribution >= 0.6 is 11.3 Å². The Morgan fingerprint density at radius 3 is 2.48 bits per heavy atom. The van der Waals surface area contributed by atoms with Crippen molar-refractivity contribution in [1.82, 2.24) is 9.55 Å². The van der Waals surface area contributed by atoms with Crippen molar-refractivity contribution >= 4 is 38.8 Å². The number of thiophene rings is 1. The molecule has 2 heterocycles. The van der Waals surface area contributed by atoms with E-state index < -0.39 is 0 Å². The molecule has 0 saturated heterocycles. The third-order valence-electron chi connectivity index (χ3n) is 4.71. The summed E-state index contributed by atoms with van der Waals surface area (Å²) in [7, 11) is 3.35. The van der Waals surface area contributed by atoms with Crippen LogP contribution < -0.4 is 11.0 Å². The van der Waals surface area contributed by atoms with Gasteiger partial charge in [-0.15, -0.1) is 17.9 Å². The summed E-state index contributed by atoms with van der Waals surface area (Å²) in [6.45, 7) is 9.25. The summed E-state index contributed by atoms with van der Waals surface area (Å²) in [4.78, 5) is 36.2. The molecule has 1 aromatic carbocycles. The van der Waals surface area contributed by atoms with Gasteiger partial charge in [-0.2, -0.15) is 4.98 Å². The number of Topliss-reactive ketones (excluding diaryl/α,β-unsaturated/α-hetero) is 2. The smallest absolute Gasteiger partial charge is 0.349 e. The van der Waals surface area contributed by atoms with Crippen LogP contribution in [-0.2, 0) is 16.1 Å². The van der Waals surface area contributed by atoms with Crippen LogP contribution in [0.4, 0.5) is 5.82 Å². The van der Waals surface area contributed by atoms with Gasteiger partial charge in [0.25, 0.3) is 0 Å². The fourth-order valence-electron chi connectivity index (χ4n) is 2.51. The van der Waals surface area contributed by atoms with Crippen LogP contribution in [0.2, 0.25) is 0 Å². The standard InChI is InChI=1S/C11H17N3O2.C10H8OS.C4H8O/c1-4-9(16-3)5-7-14-8-6-10(12-2)13-11(14)15;1-7(11)9-3-2-8-4-5-12-10(8)6-9;1-3-4(2)5/h4,6,8-9H,1,5,7H2,2-3H3,(H,12,13,15);2-6H,1H3;3H2,1-2H3. The average molecular weight is 472 g/mol. The highest BCUT2D eigenvalue weighted by Crippen LogP contribution is 2.21. The van der Waals surface area contributed by atoms with Gasteiger partial charge in [0.15, 0.2) is 5.78 Å². The molecule has 0 aliphatic heterocycles. The second-order valence-corrected chi connectivity index (χ2v) is 8.07. The lowest BCUT2D eigenvalue weighted by Crippen LogP contribution is -2.25. The quantitative estimate of drug-likeness (QED) is 0.369. The zero-order valence-corrected chi connectivity index (χ0v) is 20.8. The normalized spacial score (nSPS) is 10.8. The van der Waals surface area contributed by atoms with E-state index in [-0.39, 0.29) is 23.4 Å². The largest absolute Gasteiger partial charge is 0.377 e. The topological polar surface area (TPSA) is 90.3 Å². The lowest BCUT2D eigenvalue weighted by atomic mass is 10.1. The molecule has 8 heteroatoms. The number of carbonyl (C=O) groups excluding carboxylic acids is 2. The van der Waals surface area contributed by atoms with Gasteiger partial charge < -0.3 is 14.8 Å². The highest BCUT2D eigenvalue weighted by atomic mass is 32.1. The van der Waals surface area contributed by atoms with Crippen molar-refractivity contribution < 1.29 is 14.3 Å². The molecule has 3 aromatic rings. The Labute approximate surface area is 199 Å². The Morgan fingerprint density at radius 2 is 1.97 bits per heavy atom. The number of nitrogens with zero attached hydrogens (tertiary/aromatic N) is 2. The van der Waals surface area contributed by atoms with Crippen LogP contribution in [0.1, 0.15) is 44.0 Å². The number of rotatable bonds is 8. The fourth-order valence-corrected chi connectivity index (χ4v) is 3.34. The van der Waals surface area contributed by atoms with Crippen molar-refractivity contribution in [2.75, 3.05) is 19.5 Å². The van der Waals surface area contributed by atoms with Gasteiger partial charge >= 0.3 is 5.69 Å². The number of anilines is 1. The highest BCUT2D eigenvalue weighted by molar-refractivity contribution is 7.17. The van der Waals surface area contributed by atoms with Gasteiger partial charge in [0.1, 0.15) is 11.6 Å². The minimum Gasteiger partial charge on any atom is -0.377 e. The number of aromatic nitrogens is 2. The molecule has 0 saturated carbocycles. The number of aryl methyl sites for hydroxylation is 1. The maximum atomic E-state index is 11.5. The van der Waals surface area contributed by atoms with Crippen LogP contribution in [0.3, 0.4) is 0 Å². The van der Waals surface area contributed by atoms with E-state index >= 15 is 0 Å². The van der Waals surface area contributed by atoms with E-state index in [0.29, 0.717) is 25.2 Å². The van der Waals surface area contributed by atoms with E-state index in [1.807, 2.05) is 30.5 Å². The molecule has 0 bridgehead atoms. The third kappa shape index (κ3) is 9.93. The van der Waals surface area contributed by atoms with Crippen molar-refractivity contribution in [3.8, 4) is 0 Å². The van der Waals surface area contributed by atoms with Gasteiger partial charge in [0.05, 0.1) is 6.10 Å². The summed E-state index contributed by atoms with van der Waals surface area (Å²) >= 11 is 1.67. The minimum absolute atomic E-state index is 0.0316. The van der Waals surface area contributed by atoms with Gasteiger partial charge in [-0.1, -0.05) is 25.1 Å². The van der Waals surface area contributed by atoms with E-state index in [0.717, 1.165) is 5.56 Å². The number of nitrogens with one attached hydrogen (secondary N) is 1. The maximum Gasteiger partial charge on any atom is 0.349 e. The monoisotopic (exact) mass is 471 g/mol. The lowest BCUT2D eigenvalue weighted by molar-refractivity contribution is -0.116. The molecular formula is C25H33N3O4S. The van der Waals surface area contributed by atoms with Crippen LogP contribution in [0.15, 0.2) is 59.4 Å². The first-order valence-corrected chi connectivity index (χ1v) is 11.5. The van der Waals surface area contributed by atoms with Crippen molar-refractivity contribution in [3.05, 3.63) is 70.6 Å². The lowest BCUT2D eigenvalue weighted by Gasteiger charge is -2.11. The predicted octanol–water partition coefficient (Wildman–Crippen LogP) is 4.97. The molecule has 0 amide bonds. The zero-order chi connectivity index (χ0) is 24.8. The van der Waals surface area contributed by atoms with E-state index in [1.165, 1.54) is 10.1 Å². The predicted molar refractivity (Wildman–Crippen MR) is 136 cm³/mol. The van der Waals surface area contributed by atoms with Gasteiger partial charge in [0, 0.05) is 43.6 Å². The van der Waals surface area contributed by atoms with E-state index in [9.17, 15) is 14.4 Å². The number of hydrogen-bond donors (Lipinski definition) is 1. The Morgan fingerprint density at radius 1 is 1.27 bits per heavy atom. The molecule has 1 N–H and O–H groups in total. The molecule has 178 valence electrons. The summed E-state index contributed by atoms with van der Waals surface area (Å²) < 4.78 is 7.87. The molecule has 7 nitrogen and oxygen atoms in total. The number of benzene rings is 1. The van der Waals surface area contributed by atoms with Gasteiger partial charge in [-0.05, 0) is 49.2 Å². The van der Waals surface area contributed by atoms with Crippen LogP contribution in [0.25, 0.3) is 10.1 Å². The Kier molecular flexibility index (Phi) is 12.6. The summed E-state index contributed by atoms with van der Waals surface area (Å²) in [6.07, 6.45) is 4.79. The second-order valence-electron chi connectivity index (χ2n) is 7.12. The van der Waals surface area contributed by atoms with E-state index in [1.54, 1.807) is 62.2 Å². The maximum absolute atomic E-state index is 11.5. The van der Waals surface area contributed by atoms with Crippen molar-refractivity contribution in [1.29, 1.82) is 0 Å². The molecule has 0 aliphatic rings. The zero-order valence-electron chi connectivity index (χ0n) is 20.0. The van der Waals surface area contributed by atoms with E-state index in [2.05, 4.69) is 22.9 Å². The molecule has 0 radical (unpaired) electrons. The summed E-state index contributed by atoms with van der Waals surface area (Å²) in [5.74, 6) is 0.962. The first-order valence-electron chi connectivity index (χ1n) is 10.6. The van der Waals surface area contributed by atoms with E-state index in [4.69, 9.17) is 4.74 Å². The van der Waals surface area contributed by atoms with Crippen molar-refractivity contribution in [3.63, 3.8) is 0 Å². The summed E-state index contributed by atoms with van der Waals surface area (Å²) in [5, 5.41) is 6.07. The molecule has 0 spiro atoms. The molecule has 0 aliphatic carbocycles. The van der Waals surface area contributed by atoms with Crippen molar-refractivity contribution in [2.24, 2.45) is 0 Å². The first kappa shape index (κ1) is 27.9. The SMILES string of the molecule is C=CC(CCn1ccc(NC)nc1=O)OC.CC(=O)c1ccc2ccsc2c1.CCC(C)=O. The van der Waals surface area contributed by atoms with Crippen LogP contribution in [0, 0.1) is 0 Å². The summed E-state index contributed by atoms with van der Waals surface area (Å²) in [5.41, 5.74) is 0.538. The molecule has 1 unspecified atom stereocenters. The van der Waals surface area contributed by atoms with Gasteiger partial charge in [-0.3, -0.25) is 9.36 Å². The Hall–Kier alpha value is -3.10. The number of carbonyl (C=O) groups is 2. The minimum atomic E-state index is -0.259. The number of fused-ring (bicyclic) bond motifs is 1. The molecule has 33 heavy (non-hydrogen) atoms. The molecule has 0 fully saturated rings. The van der Waals surface area contributed by atoms with Crippen molar-refractivity contribution in [2.45, 2.75) is 46.3 Å². The second kappa shape index (κ2) is 14.9. The van der Waals surface area contributed by atoms with Crippen LogP contribution in [-0.4, -0.2) is 41.4 Å². The first-order chi connectivity index (χ1) is 15.7. The number of ketones is 2. The molecule has 2 aromatic heterocycles.